The van der Waals surface area contributed by atoms with Crippen molar-refractivity contribution in [1.82, 2.24) is 19.6 Å². The molecule has 244 valence electrons. The molecule has 0 atom stereocenters. The molecule has 0 aliphatic carbocycles. The highest BCUT2D eigenvalue weighted by Gasteiger charge is 2.20. The van der Waals surface area contributed by atoms with Crippen LogP contribution in [0.25, 0.3) is 28.0 Å². The topological polar surface area (TPSA) is 148 Å². The quantitative estimate of drug-likeness (QED) is 0.0961. The number of carbonyl (C=O) groups is 1. The lowest BCUT2D eigenvalue weighted by Crippen LogP contribution is -2.15. The van der Waals surface area contributed by atoms with Crippen molar-refractivity contribution in [3.05, 3.63) is 120 Å². The molecule has 0 radical (unpaired) electrons. The highest BCUT2D eigenvalue weighted by atomic mass is 35.5. The fourth-order valence-electron chi connectivity index (χ4n) is 4.91. The Labute approximate surface area is 278 Å². The zero-order valence-corrected chi connectivity index (χ0v) is 26.3. The Morgan fingerprint density at radius 3 is 2.52 bits per heavy atom. The second-order valence-electron chi connectivity index (χ2n) is 10.4. The number of amides is 1. The van der Waals surface area contributed by atoms with Gasteiger partial charge in [-0.05, 0) is 67.1 Å². The van der Waals surface area contributed by atoms with Crippen LogP contribution in [0.15, 0.2) is 97.3 Å². The Morgan fingerprint density at radius 1 is 0.958 bits per heavy atom. The number of hydrogen-bond donors (Lipinski definition) is 3. The maximum Gasteiger partial charge on any atom is 0.264 e. The first-order valence-electron chi connectivity index (χ1n) is 14.4. The summed E-state index contributed by atoms with van der Waals surface area (Å²) < 4.78 is 66.4. The number of carbonyl (C=O) groups excluding carboxylic acids is 1. The molecule has 0 saturated heterocycles. The first kappa shape index (κ1) is 32.5. The highest BCUT2D eigenvalue weighted by molar-refractivity contribution is 7.85. The lowest BCUT2D eigenvalue weighted by molar-refractivity contribution is 0.101. The summed E-state index contributed by atoms with van der Waals surface area (Å²) in [4.78, 5) is 21.8. The van der Waals surface area contributed by atoms with E-state index < -0.39 is 39.0 Å². The summed E-state index contributed by atoms with van der Waals surface area (Å²) in [5.41, 5.74) is 3.22. The van der Waals surface area contributed by atoms with Crippen molar-refractivity contribution in [3.63, 3.8) is 0 Å². The first-order chi connectivity index (χ1) is 23.1. The molecular weight excluding hydrogens is 666 g/mol. The fourth-order valence-corrected chi connectivity index (χ4v) is 5.63. The second-order valence-corrected chi connectivity index (χ2v) is 12.4. The van der Waals surface area contributed by atoms with E-state index in [1.54, 1.807) is 65.4 Å². The third-order valence-corrected chi connectivity index (χ3v) is 8.13. The highest BCUT2D eigenvalue weighted by Crippen LogP contribution is 2.36. The molecule has 1 amide bonds. The van der Waals surface area contributed by atoms with Gasteiger partial charge in [-0.2, -0.15) is 13.5 Å². The van der Waals surface area contributed by atoms with Gasteiger partial charge in [0.05, 0.1) is 34.2 Å². The van der Waals surface area contributed by atoms with Crippen LogP contribution < -0.4 is 15.4 Å². The normalized spacial score (nSPS) is 11.4. The third kappa shape index (κ3) is 7.41. The van der Waals surface area contributed by atoms with E-state index in [4.69, 9.17) is 31.0 Å². The van der Waals surface area contributed by atoms with Crippen LogP contribution in [-0.2, 0) is 10.1 Å². The van der Waals surface area contributed by atoms with Crippen molar-refractivity contribution in [2.24, 2.45) is 0 Å². The molecule has 3 N–H and O–H groups in total. The molecule has 6 aromatic rings. The van der Waals surface area contributed by atoms with Crippen LogP contribution in [-0.4, -0.2) is 50.8 Å². The molecule has 0 unspecified atom stereocenters. The van der Waals surface area contributed by atoms with Crippen molar-refractivity contribution in [2.75, 3.05) is 23.0 Å². The number of hydrogen-bond acceptors (Lipinski definition) is 8. The number of ether oxygens (including phenoxy) is 1. The Bertz CT molecular complexity index is 2250. The van der Waals surface area contributed by atoms with Crippen molar-refractivity contribution in [3.8, 4) is 28.3 Å². The van der Waals surface area contributed by atoms with Crippen molar-refractivity contribution in [2.45, 2.75) is 6.42 Å². The molecule has 0 spiro atoms. The van der Waals surface area contributed by atoms with Crippen LogP contribution in [0.2, 0.25) is 5.02 Å². The average Bonchev–Trinajstić information content (AvgIpc) is 3.44. The minimum absolute atomic E-state index is 0.0405. The minimum Gasteiger partial charge on any atom is -0.492 e. The molecule has 0 saturated carbocycles. The zero-order valence-electron chi connectivity index (χ0n) is 24.8. The van der Waals surface area contributed by atoms with Gasteiger partial charge in [0.25, 0.3) is 16.0 Å². The number of nitrogens with zero attached hydrogens (tertiary/aromatic N) is 4. The average molecular weight is 691 g/mol. The van der Waals surface area contributed by atoms with Gasteiger partial charge in [-0.25, -0.2) is 23.3 Å². The Balaban J connectivity index is 1.27. The van der Waals surface area contributed by atoms with Crippen LogP contribution in [0.1, 0.15) is 16.8 Å². The largest absolute Gasteiger partial charge is 0.492 e. The molecule has 0 aliphatic rings. The molecule has 3 aromatic carbocycles. The van der Waals surface area contributed by atoms with Crippen molar-refractivity contribution in [1.29, 1.82) is 0 Å². The van der Waals surface area contributed by atoms with Gasteiger partial charge in [0.15, 0.2) is 0 Å². The van der Waals surface area contributed by atoms with Gasteiger partial charge in [0.1, 0.15) is 28.6 Å². The van der Waals surface area contributed by atoms with E-state index in [0.717, 1.165) is 17.6 Å². The van der Waals surface area contributed by atoms with Gasteiger partial charge in [0, 0.05) is 29.3 Å². The summed E-state index contributed by atoms with van der Waals surface area (Å²) in [5, 5.41) is 10.7. The van der Waals surface area contributed by atoms with E-state index in [-0.39, 0.29) is 24.0 Å². The zero-order chi connectivity index (χ0) is 33.8. The summed E-state index contributed by atoms with van der Waals surface area (Å²) in [6.07, 6.45) is 3.45. The Morgan fingerprint density at radius 2 is 1.75 bits per heavy atom. The van der Waals surface area contributed by atoms with Crippen LogP contribution in [0, 0.1) is 11.6 Å². The smallest absolute Gasteiger partial charge is 0.264 e. The minimum atomic E-state index is -4.08. The number of benzene rings is 3. The Kier molecular flexibility index (Phi) is 9.30. The van der Waals surface area contributed by atoms with Crippen molar-refractivity contribution < 1.29 is 31.3 Å². The van der Waals surface area contributed by atoms with E-state index in [1.807, 2.05) is 18.2 Å². The van der Waals surface area contributed by atoms with Gasteiger partial charge >= 0.3 is 0 Å². The van der Waals surface area contributed by atoms with Crippen LogP contribution >= 0.6 is 11.6 Å². The monoisotopic (exact) mass is 690 g/mol. The predicted molar refractivity (Wildman–Crippen MR) is 177 cm³/mol. The number of halogens is 3. The molecule has 48 heavy (non-hydrogen) atoms. The molecule has 6 rings (SSSR count). The lowest BCUT2D eigenvalue weighted by Gasteiger charge is -2.11. The van der Waals surface area contributed by atoms with Crippen molar-refractivity contribution >= 4 is 50.5 Å². The van der Waals surface area contributed by atoms with Crippen LogP contribution in [0.5, 0.6) is 5.75 Å². The van der Waals surface area contributed by atoms with Gasteiger partial charge < -0.3 is 15.4 Å². The predicted octanol–water partition coefficient (Wildman–Crippen LogP) is 7.04. The third-order valence-electron chi connectivity index (χ3n) is 7.03. The van der Waals surface area contributed by atoms with E-state index >= 15 is 0 Å². The number of pyridine rings is 1. The van der Waals surface area contributed by atoms with E-state index in [1.165, 1.54) is 6.07 Å². The van der Waals surface area contributed by atoms with Gasteiger partial charge in [-0.15, -0.1) is 0 Å². The molecule has 0 aliphatic heterocycles. The van der Waals surface area contributed by atoms with Crippen LogP contribution in [0.4, 0.5) is 26.1 Å². The summed E-state index contributed by atoms with van der Waals surface area (Å²) in [6, 6.07) is 22.1. The lowest BCUT2D eigenvalue weighted by atomic mass is 10.0. The van der Waals surface area contributed by atoms with E-state index in [9.17, 15) is 22.0 Å². The SMILES string of the molecule is O=C(Nc1cccc(-c2nn3ccccc3c2-c2ccnc(Nc3ccc(OCCCS(=O)(=O)O)c(Cl)c3)n2)c1)c1c(F)cccc1F. The van der Waals surface area contributed by atoms with Gasteiger partial charge in [0.2, 0.25) is 5.95 Å². The number of aromatic nitrogens is 4. The van der Waals surface area contributed by atoms with E-state index in [0.29, 0.717) is 39.6 Å². The van der Waals surface area contributed by atoms with Crippen LogP contribution in [0.3, 0.4) is 0 Å². The maximum atomic E-state index is 14.2. The second kappa shape index (κ2) is 13.7. The number of fused-ring (bicyclic) bond motifs is 1. The molecule has 15 heteroatoms. The summed E-state index contributed by atoms with van der Waals surface area (Å²) in [6.45, 7) is 0.0405. The standard InChI is InChI=1S/C33H25ClF2N6O5S/c34-23-19-22(11-12-28(23)47-16-5-17-48(44,45)46)39-33-37-14-13-26(40-33)30-27-10-1-2-15-42(27)41-31(30)20-6-3-7-21(18-20)38-32(43)29-24(35)8-4-9-25(29)36/h1-4,6-15,18-19H,5,16-17H2,(H,38,43)(H,37,39,40)(H,44,45,46). The summed E-state index contributed by atoms with van der Waals surface area (Å²) >= 11 is 6.38. The fraction of sp³-hybridized carbons (Fsp3) is 0.0909. The first-order valence-corrected chi connectivity index (χ1v) is 16.4. The number of nitrogens with one attached hydrogen (secondary N) is 2. The summed E-state index contributed by atoms with van der Waals surface area (Å²) in [7, 11) is -4.08. The van der Waals surface area contributed by atoms with Gasteiger partial charge in [-0.1, -0.05) is 35.9 Å². The molecule has 11 nitrogen and oxygen atoms in total. The molecular formula is C33H25ClF2N6O5S. The number of rotatable bonds is 11. The molecule has 0 fully saturated rings. The molecule has 3 heterocycles. The van der Waals surface area contributed by atoms with E-state index in [2.05, 4.69) is 15.6 Å². The van der Waals surface area contributed by atoms with Gasteiger partial charge in [-0.3, -0.25) is 9.35 Å². The Hall–Kier alpha value is -5.44. The maximum absolute atomic E-state index is 14.2. The summed E-state index contributed by atoms with van der Waals surface area (Å²) in [5.74, 6) is -2.72. The molecule has 3 aromatic heterocycles. The molecule has 0 bridgehead atoms. The number of anilines is 3.